The largest absolute Gasteiger partial charge is 0.491 e. The lowest BCUT2D eigenvalue weighted by Crippen LogP contribution is -2.16. The Morgan fingerprint density at radius 3 is 1.08 bits per heavy atom. The van der Waals surface area contributed by atoms with Gasteiger partial charge in [-0.05, 0) is 72.1 Å². The van der Waals surface area contributed by atoms with Crippen LogP contribution in [0.2, 0.25) is 0 Å². The van der Waals surface area contributed by atoms with Crippen LogP contribution in [0.5, 0.6) is 34.5 Å². The summed E-state index contributed by atoms with van der Waals surface area (Å²) in [4.78, 5) is 53.8. The standard InChI is InChI=1S/C54H64O12/c1-11-13-23-59-25-27-61-44-29-38-40(63-51(55)31(3)4)19-21-42(65-53(57)33(7)8)47(38)49-36(44)17-15-35-16-18-37-45(62-28-26-60-24-14-12-2)30-39-41(64-52(56)32(5)6)20-22-43(66-54(58)34(9)10)48(39)50(37)46(35)49/h15-22,29-34H,11-14,23-28H2,1-10H3. The number of esters is 4. The van der Waals surface area contributed by atoms with Gasteiger partial charge in [0.25, 0.3) is 0 Å². The number of hydrogen-bond donors (Lipinski definition) is 0. The molecule has 0 saturated carbocycles. The van der Waals surface area contributed by atoms with Crippen LogP contribution in [0.25, 0.3) is 53.9 Å². The Morgan fingerprint density at radius 2 is 0.727 bits per heavy atom. The molecular weight excluding hydrogens is 841 g/mol. The van der Waals surface area contributed by atoms with Gasteiger partial charge in [-0.3, -0.25) is 19.2 Å². The first-order valence-corrected chi connectivity index (χ1v) is 23.3. The minimum Gasteiger partial charge on any atom is -0.491 e. The highest BCUT2D eigenvalue weighted by molar-refractivity contribution is 6.35. The van der Waals surface area contributed by atoms with Gasteiger partial charge < -0.3 is 37.9 Å². The summed E-state index contributed by atoms with van der Waals surface area (Å²) in [5.74, 6) is -1.82. The Hall–Kier alpha value is -5.98. The number of carbonyl (C=O) groups excluding carboxylic acids is 4. The molecule has 6 aromatic carbocycles. The predicted molar refractivity (Wildman–Crippen MR) is 258 cm³/mol. The van der Waals surface area contributed by atoms with Gasteiger partial charge in [0.2, 0.25) is 0 Å². The van der Waals surface area contributed by atoms with Gasteiger partial charge in [0.05, 0.1) is 36.9 Å². The molecule has 352 valence electrons. The number of hydrogen-bond acceptors (Lipinski definition) is 12. The summed E-state index contributed by atoms with van der Waals surface area (Å²) in [6, 6.07) is 18.0. The fourth-order valence-electron chi connectivity index (χ4n) is 7.34. The van der Waals surface area contributed by atoms with E-state index in [0.717, 1.165) is 31.1 Å². The summed E-state index contributed by atoms with van der Waals surface area (Å²) in [5.41, 5.74) is 0. The highest BCUT2D eigenvalue weighted by Gasteiger charge is 2.27. The molecule has 0 radical (unpaired) electrons. The van der Waals surface area contributed by atoms with Crippen molar-refractivity contribution >= 4 is 77.7 Å². The first-order chi connectivity index (χ1) is 31.7. The molecule has 0 bridgehead atoms. The Kier molecular flexibility index (Phi) is 16.8. The van der Waals surface area contributed by atoms with Gasteiger partial charge in [0.1, 0.15) is 47.7 Å². The van der Waals surface area contributed by atoms with Crippen molar-refractivity contribution in [1.29, 1.82) is 0 Å². The lowest BCUT2D eigenvalue weighted by Gasteiger charge is -2.22. The van der Waals surface area contributed by atoms with Crippen LogP contribution < -0.4 is 28.4 Å². The SMILES string of the molecule is CCCCOCCOc1cc2c(OC(=O)C(C)C)ccc(OC(=O)C(C)C)c2c2c1ccc1ccc3c(OCCOCCCC)cc4c(OC(=O)C(C)C)ccc(OC(=O)C(C)C)c4c3c12. The second kappa shape index (κ2) is 22.5. The van der Waals surface area contributed by atoms with Crippen molar-refractivity contribution in [2.75, 3.05) is 39.6 Å². The van der Waals surface area contributed by atoms with Crippen molar-refractivity contribution < 1.29 is 57.1 Å². The van der Waals surface area contributed by atoms with Crippen LogP contribution in [0.15, 0.2) is 60.7 Å². The summed E-state index contributed by atoms with van der Waals surface area (Å²) in [5, 5.41) is 5.76. The maximum atomic E-state index is 13.6. The van der Waals surface area contributed by atoms with Gasteiger partial charge in [0.15, 0.2) is 0 Å². The van der Waals surface area contributed by atoms with Gasteiger partial charge >= 0.3 is 23.9 Å². The number of carbonyl (C=O) groups is 4. The number of rotatable bonds is 22. The Balaban J connectivity index is 1.84. The van der Waals surface area contributed by atoms with E-state index in [1.165, 1.54) is 0 Å². The van der Waals surface area contributed by atoms with E-state index >= 15 is 0 Å². The third kappa shape index (κ3) is 11.2. The molecule has 0 aromatic heterocycles. The average Bonchev–Trinajstić information content (AvgIpc) is 3.29. The summed E-state index contributed by atoms with van der Waals surface area (Å²) < 4.78 is 49.6. The summed E-state index contributed by atoms with van der Waals surface area (Å²) in [6.07, 6.45) is 3.82. The van der Waals surface area contributed by atoms with Crippen LogP contribution in [-0.2, 0) is 28.7 Å². The molecule has 0 aliphatic rings. The molecule has 6 aromatic rings. The number of ether oxygens (including phenoxy) is 8. The fourth-order valence-corrected chi connectivity index (χ4v) is 7.34. The fraction of sp³-hybridized carbons (Fsp3) is 0.444. The number of unbranched alkanes of at least 4 members (excludes halogenated alkanes) is 2. The van der Waals surface area contributed by atoms with E-state index in [2.05, 4.69) is 13.8 Å². The highest BCUT2D eigenvalue weighted by atomic mass is 16.6. The molecule has 0 fully saturated rings. The summed E-state index contributed by atoms with van der Waals surface area (Å²) in [7, 11) is 0. The van der Waals surface area contributed by atoms with E-state index in [9.17, 15) is 19.2 Å². The molecule has 12 nitrogen and oxygen atoms in total. The Bertz CT molecular complexity index is 2550. The van der Waals surface area contributed by atoms with E-state index in [-0.39, 0.29) is 36.2 Å². The van der Waals surface area contributed by atoms with Crippen LogP contribution in [0.4, 0.5) is 0 Å². The van der Waals surface area contributed by atoms with Crippen LogP contribution in [0, 0.1) is 23.7 Å². The molecule has 0 amide bonds. The monoisotopic (exact) mass is 904 g/mol. The van der Waals surface area contributed by atoms with Crippen LogP contribution in [0.3, 0.4) is 0 Å². The van der Waals surface area contributed by atoms with Gasteiger partial charge in [-0.2, -0.15) is 0 Å². The molecule has 0 aliphatic carbocycles. The zero-order valence-electron chi connectivity index (χ0n) is 40.1. The number of benzene rings is 6. The first kappa shape index (κ1) is 49.5. The molecule has 0 saturated heterocycles. The molecule has 0 heterocycles. The Labute approximate surface area is 387 Å². The van der Waals surface area contributed by atoms with Gasteiger partial charge in [-0.1, -0.05) is 94.2 Å². The van der Waals surface area contributed by atoms with Crippen molar-refractivity contribution in [2.24, 2.45) is 23.7 Å². The number of fused-ring (bicyclic) bond motifs is 9. The summed E-state index contributed by atoms with van der Waals surface area (Å²) >= 11 is 0. The zero-order valence-corrected chi connectivity index (χ0v) is 40.1. The molecule has 0 aliphatic heterocycles. The molecule has 0 spiro atoms. The van der Waals surface area contributed by atoms with Crippen molar-refractivity contribution in [3.05, 3.63) is 60.7 Å². The topological polar surface area (TPSA) is 142 Å². The molecule has 0 N–H and O–H groups in total. The van der Waals surface area contributed by atoms with Crippen molar-refractivity contribution in [3.63, 3.8) is 0 Å². The average molecular weight is 905 g/mol. The third-order valence-corrected chi connectivity index (χ3v) is 11.1. The molecule has 0 unspecified atom stereocenters. The zero-order chi connectivity index (χ0) is 47.7. The van der Waals surface area contributed by atoms with Gasteiger partial charge in [-0.15, -0.1) is 0 Å². The predicted octanol–water partition coefficient (Wildman–Crippen LogP) is 12.1. The molecule has 0 atom stereocenters. The molecule has 66 heavy (non-hydrogen) atoms. The maximum Gasteiger partial charge on any atom is 0.313 e. The minimum atomic E-state index is -0.475. The molecular formula is C54H64O12. The van der Waals surface area contributed by atoms with Crippen molar-refractivity contribution in [3.8, 4) is 34.5 Å². The Morgan fingerprint density at radius 1 is 0.379 bits per heavy atom. The minimum absolute atomic E-state index is 0.210. The molecule has 6 rings (SSSR count). The lowest BCUT2D eigenvalue weighted by molar-refractivity contribution is -0.138. The van der Waals surface area contributed by atoms with Gasteiger partial charge in [-0.25, -0.2) is 0 Å². The maximum absolute atomic E-state index is 13.6. The smallest absolute Gasteiger partial charge is 0.313 e. The van der Waals surface area contributed by atoms with Gasteiger partial charge in [0, 0.05) is 56.3 Å². The molecule has 12 heteroatoms. The van der Waals surface area contributed by atoms with Crippen LogP contribution >= 0.6 is 0 Å². The van der Waals surface area contributed by atoms with E-state index < -0.39 is 47.5 Å². The lowest BCUT2D eigenvalue weighted by atomic mass is 9.89. The second-order valence-corrected chi connectivity index (χ2v) is 17.7. The van der Waals surface area contributed by atoms with E-state index in [4.69, 9.17) is 37.9 Å². The second-order valence-electron chi connectivity index (χ2n) is 17.7. The van der Waals surface area contributed by atoms with Crippen molar-refractivity contribution in [2.45, 2.75) is 94.9 Å². The van der Waals surface area contributed by atoms with Crippen molar-refractivity contribution in [1.82, 2.24) is 0 Å². The van der Waals surface area contributed by atoms with E-state index in [1.54, 1.807) is 91.8 Å². The first-order valence-electron chi connectivity index (χ1n) is 23.3. The third-order valence-electron chi connectivity index (χ3n) is 11.1. The normalized spacial score (nSPS) is 11.8. The van der Waals surface area contributed by atoms with E-state index in [0.29, 0.717) is 86.4 Å². The van der Waals surface area contributed by atoms with E-state index in [1.807, 2.05) is 24.3 Å². The summed E-state index contributed by atoms with van der Waals surface area (Å²) in [6.45, 7) is 20.5. The quantitative estimate of drug-likeness (QED) is 0.0277. The van der Waals surface area contributed by atoms with Crippen LogP contribution in [-0.4, -0.2) is 63.5 Å². The highest BCUT2D eigenvalue weighted by Crippen LogP contribution is 2.51. The van der Waals surface area contributed by atoms with Crippen LogP contribution in [0.1, 0.15) is 94.9 Å².